The van der Waals surface area contributed by atoms with E-state index in [9.17, 15) is 21.2 Å². The number of ether oxygens (including phenoxy) is 1. The molecule has 1 aliphatic heterocycles. The topological polar surface area (TPSA) is 80.8 Å². The Bertz CT molecular complexity index is 1070. The first kappa shape index (κ1) is 20.8. The molecule has 152 valence electrons. The van der Waals surface area contributed by atoms with Crippen LogP contribution in [0.25, 0.3) is 0 Å². The van der Waals surface area contributed by atoms with Gasteiger partial charge in [0, 0.05) is 12.6 Å². The zero-order valence-electron chi connectivity index (χ0n) is 15.6. The third-order valence-corrected chi connectivity index (χ3v) is 8.65. The van der Waals surface area contributed by atoms with Crippen LogP contribution in [-0.4, -0.2) is 45.8 Å². The van der Waals surface area contributed by atoms with Crippen molar-refractivity contribution in [3.63, 3.8) is 0 Å². The fraction of sp³-hybridized carbons (Fsp3) is 0.368. The monoisotopic (exact) mass is 427 g/mol. The van der Waals surface area contributed by atoms with Gasteiger partial charge in [-0.2, -0.15) is 4.31 Å². The van der Waals surface area contributed by atoms with Gasteiger partial charge in [0.2, 0.25) is 10.0 Å². The minimum atomic E-state index is -4.03. The van der Waals surface area contributed by atoms with E-state index in [2.05, 4.69) is 0 Å². The van der Waals surface area contributed by atoms with Crippen molar-refractivity contribution in [1.82, 2.24) is 4.31 Å². The molecule has 0 aromatic heterocycles. The van der Waals surface area contributed by atoms with Crippen LogP contribution >= 0.6 is 0 Å². The minimum absolute atomic E-state index is 0.0172. The zero-order chi connectivity index (χ0) is 20.5. The van der Waals surface area contributed by atoms with Gasteiger partial charge in [0.05, 0.1) is 23.5 Å². The van der Waals surface area contributed by atoms with Gasteiger partial charge in [0.1, 0.15) is 11.6 Å². The molecule has 0 N–H and O–H groups in total. The Morgan fingerprint density at radius 1 is 1.18 bits per heavy atom. The Balaban J connectivity index is 2.01. The summed E-state index contributed by atoms with van der Waals surface area (Å²) in [6.07, 6.45) is 0.234. The van der Waals surface area contributed by atoms with Crippen LogP contribution in [0.15, 0.2) is 47.4 Å². The Kier molecular flexibility index (Phi) is 5.79. The summed E-state index contributed by atoms with van der Waals surface area (Å²) in [4.78, 5) is -0.0216. The summed E-state index contributed by atoms with van der Waals surface area (Å²) in [5, 5.41) is 0. The van der Waals surface area contributed by atoms with Crippen LogP contribution in [-0.2, 0) is 26.4 Å². The Hall–Kier alpha value is -1.97. The van der Waals surface area contributed by atoms with Crippen LogP contribution in [0.1, 0.15) is 17.5 Å². The van der Waals surface area contributed by atoms with Gasteiger partial charge in [-0.15, -0.1) is 0 Å². The van der Waals surface area contributed by atoms with Crippen molar-refractivity contribution in [2.45, 2.75) is 30.8 Å². The first-order chi connectivity index (χ1) is 13.1. The first-order valence-corrected chi connectivity index (χ1v) is 12.0. The van der Waals surface area contributed by atoms with E-state index in [0.717, 1.165) is 12.1 Å². The molecular weight excluding hydrogens is 405 g/mol. The molecule has 2 aromatic carbocycles. The summed E-state index contributed by atoms with van der Waals surface area (Å²) < 4.78 is 70.5. The van der Waals surface area contributed by atoms with Crippen molar-refractivity contribution in [1.29, 1.82) is 0 Å². The van der Waals surface area contributed by atoms with E-state index in [-0.39, 0.29) is 34.9 Å². The number of methoxy groups -OCH3 is 1. The van der Waals surface area contributed by atoms with Gasteiger partial charge in [-0.25, -0.2) is 21.2 Å². The largest absolute Gasteiger partial charge is 0.497 e. The first-order valence-electron chi connectivity index (χ1n) is 8.74. The van der Waals surface area contributed by atoms with Gasteiger partial charge in [-0.1, -0.05) is 12.1 Å². The molecule has 0 radical (unpaired) electrons. The van der Waals surface area contributed by atoms with Crippen molar-refractivity contribution < 1.29 is 26.0 Å². The smallest absolute Gasteiger partial charge is 0.243 e. The molecule has 0 spiro atoms. The maximum Gasteiger partial charge on any atom is 0.243 e. The van der Waals surface area contributed by atoms with Crippen molar-refractivity contribution >= 4 is 19.9 Å². The predicted octanol–water partition coefficient (Wildman–Crippen LogP) is 2.52. The number of hydrogen-bond acceptors (Lipinski definition) is 5. The van der Waals surface area contributed by atoms with E-state index in [4.69, 9.17) is 4.74 Å². The van der Waals surface area contributed by atoms with E-state index < -0.39 is 31.7 Å². The van der Waals surface area contributed by atoms with Crippen LogP contribution in [0.5, 0.6) is 5.75 Å². The molecule has 1 fully saturated rings. The maximum atomic E-state index is 13.5. The third kappa shape index (κ3) is 4.37. The van der Waals surface area contributed by atoms with E-state index >= 15 is 0 Å². The quantitative estimate of drug-likeness (QED) is 0.708. The lowest BCUT2D eigenvalue weighted by Crippen LogP contribution is -2.40. The lowest BCUT2D eigenvalue weighted by molar-refractivity contribution is 0.334. The molecule has 0 bridgehead atoms. The highest BCUT2D eigenvalue weighted by molar-refractivity contribution is 7.92. The van der Waals surface area contributed by atoms with Gasteiger partial charge >= 0.3 is 0 Å². The lowest BCUT2D eigenvalue weighted by atomic mass is 10.2. The maximum absolute atomic E-state index is 13.5. The molecule has 28 heavy (non-hydrogen) atoms. The Labute approximate surface area is 164 Å². The van der Waals surface area contributed by atoms with Gasteiger partial charge in [-0.3, -0.25) is 0 Å². The summed E-state index contributed by atoms with van der Waals surface area (Å²) in [6, 6.07) is 9.72. The fourth-order valence-electron chi connectivity index (χ4n) is 3.35. The number of nitrogens with zero attached hydrogens (tertiary/aromatic N) is 1. The van der Waals surface area contributed by atoms with Crippen molar-refractivity contribution in [2.24, 2.45) is 0 Å². The summed E-state index contributed by atoms with van der Waals surface area (Å²) in [5.74, 6) is -0.158. The van der Waals surface area contributed by atoms with Gasteiger partial charge in [-0.05, 0) is 54.8 Å². The summed E-state index contributed by atoms with van der Waals surface area (Å²) in [6.45, 7) is 1.54. The van der Waals surface area contributed by atoms with Crippen molar-refractivity contribution in [3.05, 3.63) is 59.4 Å². The second-order valence-corrected chi connectivity index (χ2v) is 11.0. The number of benzene rings is 2. The number of aryl methyl sites for hydroxylation is 1. The van der Waals surface area contributed by atoms with Crippen LogP contribution < -0.4 is 4.74 Å². The molecule has 1 atom stereocenters. The summed E-state index contributed by atoms with van der Waals surface area (Å²) in [5.41, 5.74) is 0.981. The van der Waals surface area contributed by atoms with Crippen molar-refractivity contribution in [2.75, 3.05) is 18.6 Å². The summed E-state index contributed by atoms with van der Waals surface area (Å²) in [7, 11) is -5.78. The van der Waals surface area contributed by atoms with Gasteiger partial charge in [0.25, 0.3) is 0 Å². The highest BCUT2D eigenvalue weighted by Crippen LogP contribution is 2.29. The molecule has 0 amide bonds. The molecule has 3 rings (SSSR count). The zero-order valence-corrected chi connectivity index (χ0v) is 17.3. The van der Waals surface area contributed by atoms with Crippen LogP contribution in [0.2, 0.25) is 0 Å². The number of halogens is 1. The molecule has 6 nitrogen and oxygen atoms in total. The SMILES string of the molecule is COc1ccc(CN(C2CCS(=O)(=O)C2)S(=O)(=O)c2ccc(F)cc2C)cc1. The number of rotatable bonds is 6. The number of hydrogen-bond donors (Lipinski definition) is 0. The highest BCUT2D eigenvalue weighted by Gasteiger charge is 2.39. The molecule has 1 aliphatic rings. The molecule has 0 saturated carbocycles. The van der Waals surface area contributed by atoms with Crippen LogP contribution in [0, 0.1) is 12.7 Å². The Morgan fingerprint density at radius 3 is 2.39 bits per heavy atom. The van der Waals surface area contributed by atoms with Crippen LogP contribution in [0.4, 0.5) is 4.39 Å². The fourth-order valence-corrected chi connectivity index (χ4v) is 7.03. The van der Waals surface area contributed by atoms with Crippen LogP contribution in [0.3, 0.4) is 0 Å². The van der Waals surface area contributed by atoms with E-state index in [0.29, 0.717) is 11.3 Å². The molecular formula is C19H22FNO5S2. The van der Waals surface area contributed by atoms with E-state index in [1.807, 2.05) is 0 Å². The molecule has 1 heterocycles. The minimum Gasteiger partial charge on any atom is -0.497 e. The number of sulfonamides is 1. The van der Waals surface area contributed by atoms with Gasteiger partial charge < -0.3 is 4.74 Å². The van der Waals surface area contributed by atoms with E-state index in [1.54, 1.807) is 24.3 Å². The normalized spacial score (nSPS) is 19.1. The third-order valence-electron chi connectivity index (χ3n) is 4.84. The predicted molar refractivity (Wildman–Crippen MR) is 104 cm³/mol. The molecule has 9 heteroatoms. The Morgan fingerprint density at radius 2 is 1.86 bits per heavy atom. The lowest BCUT2D eigenvalue weighted by Gasteiger charge is -2.28. The molecule has 2 aromatic rings. The molecule has 1 unspecified atom stereocenters. The van der Waals surface area contributed by atoms with Crippen molar-refractivity contribution in [3.8, 4) is 5.75 Å². The standard InChI is InChI=1S/C19H22FNO5S2/c1-14-11-16(20)5-8-19(14)28(24,25)21(17-9-10-27(22,23)13-17)12-15-3-6-18(26-2)7-4-15/h3-8,11,17H,9-10,12-13H2,1-2H3. The van der Waals surface area contributed by atoms with E-state index in [1.165, 1.54) is 24.4 Å². The second-order valence-electron chi connectivity index (χ2n) is 6.87. The summed E-state index contributed by atoms with van der Waals surface area (Å²) >= 11 is 0. The highest BCUT2D eigenvalue weighted by atomic mass is 32.2. The molecule has 0 aliphatic carbocycles. The average Bonchev–Trinajstić information content (AvgIpc) is 2.99. The second kappa shape index (κ2) is 7.81. The van der Waals surface area contributed by atoms with Gasteiger partial charge in [0.15, 0.2) is 9.84 Å². The number of sulfone groups is 1. The molecule has 1 saturated heterocycles. The average molecular weight is 428 g/mol.